The summed E-state index contributed by atoms with van der Waals surface area (Å²) in [7, 11) is 1.61. The first kappa shape index (κ1) is 28.0. The molecule has 0 radical (unpaired) electrons. The van der Waals surface area contributed by atoms with Gasteiger partial charge < -0.3 is 9.64 Å². The van der Waals surface area contributed by atoms with Crippen LogP contribution < -0.4 is 9.64 Å². The van der Waals surface area contributed by atoms with Crippen LogP contribution in [0, 0.1) is 23.2 Å². The van der Waals surface area contributed by atoms with Crippen molar-refractivity contribution in [1.29, 1.82) is 5.26 Å². The van der Waals surface area contributed by atoms with E-state index >= 15 is 0 Å². The molecule has 3 aromatic rings. The van der Waals surface area contributed by atoms with Crippen LogP contribution in [0.2, 0.25) is 0 Å². The first-order valence-electron chi connectivity index (χ1n) is 15.0. The van der Waals surface area contributed by atoms with E-state index in [-0.39, 0.29) is 5.92 Å². The highest BCUT2D eigenvalue weighted by atomic mass is 16.5. The first-order chi connectivity index (χ1) is 19.5. The molecule has 0 unspecified atom stereocenters. The van der Waals surface area contributed by atoms with Crippen LogP contribution in [0.25, 0.3) is 11.1 Å². The van der Waals surface area contributed by atoms with Crippen molar-refractivity contribution < 1.29 is 9.53 Å². The van der Waals surface area contributed by atoms with E-state index in [0.29, 0.717) is 35.1 Å². The number of nitrogens with zero attached hydrogens (tertiary/aromatic N) is 4. The Bertz CT molecular complexity index is 1340. The van der Waals surface area contributed by atoms with E-state index in [0.717, 1.165) is 74.7 Å². The Balaban J connectivity index is 1.33. The highest BCUT2D eigenvalue weighted by Gasteiger charge is 2.31. The molecular weight excluding hydrogens is 496 g/mol. The molecule has 2 saturated carbocycles. The lowest BCUT2D eigenvalue weighted by atomic mass is 9.78. The quantitative estimate of drug-likeness (QED) is 0.292. The Kier molecular flexibility index (Phi) is 8.89. The van der Waals surface area contributed by atoms with Crippen molar-refractivity contribution in [2.24, 2.45) is 11.8 Å². The molecule has 2 aromatic carbocycles. The fourth-order valence-corrected chi connectivity index (χ4v) is 6.52. The van der Waals surface area contributed by atoms with Crippen molar-refractivity contribution in [3.05, 3.63) is 66.0 Å². The molecule has 6 nitrogen and oxygen atoms in total. The second-order valence-corrected chi connectivity index (χ2v) is 11.9. The molecule has 1 amide bonds. The Morgan fingerprint density at radius 3 is 2.50 bits per heavy atom. The van der Waals surface area contributed by atoms with Gasteiger partial charge in [-0.05, 0) is 99.6 Å². The number of carbonyl (C=O) groups is 1. The minimum absolute atomic E-state index is 0.126. The summed E-state index contributed by atoms with van der Waals surface area (Å²) in [5.41, 5.74) is 5.01. The van der Waals surface area contributed by atoms with Crippen molar-refractivity contribution >= 4 is 11.6 Å². The molecule has 1 heterocycles. The number of amides is 1. The summed E-state index contributed by atoms with van der Waals surface area (Å²) in [6.07, 6.45) is 13.9. The van der Waals surface area contributed by atoms with Gasteiger partial charge in [0.2, 0.25) is 5.91 Å². The zero-order valence-electron chi connectivity index (χ0n) is 24.2. The van der Waals surface area contributed by atoms with Crippen LogP contribution in [0.3, 0.4) is 0 Å². The summed E-state index contributed by atoms with van der Waals surface area (Å²) in [5.74, 6) is 1.96. The molecule has 0 aliphatic heterocycles. The summed E-state index contributed by atoms with van der Waals surface area (Å²) in [6, 6.07) is 17.1. The van der Waals surface area contributed by atoms with E-state index in [4.69, 9.17) is 4.74 Å². The maximum absolute atomic E-state index is 14.0. The van der Waals surface area contributed by atoms with Crippen molar-refractivity contribution in [1.82, 2.24) is 9.78 Å². The fourth-order valence-electron chi connectivity index (χ4n) is 6.52. The maximum atomic E-state index is 14.0. The number of carbonyl (C=O) groups excluding carboxylic acids is 1. The molecular formula is C34H42N4O2. The van der Waals surface area contributed by atoms with Gasteiger partial charge in [0, 0.05) is 36.0 Å². The van der Waals surface area contributed by atoms with Crippen molar-refractivity contribution in [2.75, 3.05) is 18.6 Å². The lowest BCUT2D eigenvalue weighted by molar-refractivity contribution is -0.123. The van der Waals surface area contributed by atoms with Crippen LogP contribution in [-0.2, 0) is 4.79 Å². The maximum Gasteiger partial charge on any atom is 0.230 e. The molecule has 0 atom stereocenters. The van der Waals surface area contributed by atoms with Gasteiger partial charge in [0.25, 0.3) is 0 Å². The second-order valence-electron chi connectivity index (χ2n) is 11.9. The zero-order valence-corrected chi connectivity index (χ0v) is 24.2. The molecule has 5 rings (SSSR count). The molecule has 2 fully saturated rings. The van der Waals surface area contributed by atoms with Gasteiger partial charge in [-0.15, -0.1) is 0 Å². The number of nitriles is 1. The largest absolute Gasteiger partial charge is 0.495 e. The molecule has 40 heavy (non-hydrogen) atoms. The average Bonchev–Trinajstić information content (AvgIpc) is 3.51. The van der Waals surface area contributed by atoms with Gasteiger partial charge in [-0.25, -0.2) is 0 Å². The van der Waals surface area contributed by atoms with E-state index in [1.165, 1.54) is 12.0 Å². The number of hydrogen-bond donors (Lipinski definition) is 0. The van der Waals surface area contributed by atoms with Crippen LogP contribution in [-0.4, -0.2) is 29.3 Å². The third-order valence-electron chi connectivity index (χ3n) is 8.95. The van der Waals surface area contributed by atoms with Crippen molar-refractivity contribution in [3.63, 3.8) is 0 Å². The predicted molar refractivity (Wildman–Crippen MR) is 159 cm³/mol. The molecule has 0 N–H and O–H groups in total. The van der Waals surface area contributed by atoms with Gasteiger partial charge in [-0.1, -0.05) is 37.5 Å². The van der Waals surface area contributed by atoms with Gasteiger partial charge in [-0.2, -0.15) is 10.4 Å². The standard InChI is InChI=1S/C34H42N4O2/c1-24(2)38-23-31(21-36-38)28-10-7-11-32(19-28)37(34(39)27-8-5-4-6-9-27)22-25-12-14-26(15-13-25)29-16-17-33(40-3)30(18-29)20-35/h7,10-11,16-19,21,23-27H,4-6,8-9,12-15,22H2,1-3H3. The number of aromatic nitrogens is 2. The minimum Gasteiger partial charge on any atom is -0.495 e. The zero-order chi connectivity index (χ0) is 28.1. The SMILES string of the molecule is COc1ccc(C2CCC(CN(C(=O)C3CCCCC3)c3cccc(-c4cnn(C(C)C)c4)c3)CC2)cc1C#N. The summed E-state index contributed by atoms with van der Waals surface area (Å²) >= 11 is 0. The topological polar surface area (TPSA) is 71.2 Å². The predicted octanol–water partition coefficient (Wildman–Crippen LogP) is 7.90. The van der Waals surface area contributed by atoms with Crippen LogP contribution in [0.4, 0.5) is 5.69 Å². The van der Waals surface area contributed by atoms with Crippen LogP contribution in [0.5, 0.6) is 5.75 Å². The number of ether oxygens (including phenoxy) is 1. The Labute approximate surface area is 239 Å². The summed E-state index contributed by atoms with van der Waals surface area (Å²) in [6.45, 7) is 5.02. The highest BCUT2D eigenvalue weighted by molar-refractivity contribution is 5.95. The molecule has 6 heteroatoms. The van der Waals surface area contributed by atoms with Crippen molar-refractivity contribution in [2.45, 2.75) is 83.6 Å². The summed E-state index contributed by atoms with van der Waals surface area (Å²) in [5, 5.41) is 14.1. The van der Waals surface area contributed by atoms with Crippen molar-refractivity contribution in [3.8, 4) is 22.9 Å². The van der Waals surface area contributed by atoms with Gasteiger partial charge in [0.05, 0.1) is 18.9 Å². The summed E-state index contributed by atoms with van der Waals surface area (Å²) < 4.78 is 7.32. The number of hydrogen-bond acceptors (Lipinski definition) is 4. The molecule has 0 bridgehead atoms. The lowest BCUT2D eigenvalue weighted by Gasteiger charge is -2.35. The van der Waals surface area contributed by atoms with E-state index in [9.17, 15) is 10.1 Å². The summed E-state index contributed by atoms with van der Waals surface area (Å²) in [4.78, 5) is 16.1. The Morgan fingerprint density at radius 2 is 1.82 bits per heavy atom. The number of anilines is 1. The van der Waals surface area contributed by atoms with Gasteiger partial charge in [0.15, 0.2) is 0 Å². The third-order valence-corrected chi connectivity index (χ3v) is 8.95. The van der Waals surface area contributed by atoms with E-state index < -0.39 is 0 Å². The van der Waals surface area contributed by atoms with Gasteiger partial charge in [-0.3, -0.25) is 9.48 Å². The number of rotatable bonds is 8. The Hall–Kier alpha value is -3.59. The molecule has 210 valence electrons. The average molecular weight is 539 g/mol. The van der Waals surface area contributed by atoms with Gasteiger partial charge >= 0.3 is 0 Å². The molecule has 0 spiro atoms. The van der Waals surface area contributed by atoms with Crippen LogP contribution in [0.15, 0.2) is 54.9 Å². The first-order valence-corrected chi connectivity index (χ1v) is 15.0. The monoisotopic (exact) mass is 538 g/mol. The van der Waals surface area contributed by atoms with E-state index in [2.05, 4.69) is 66.4 Å². The normalized spacial score (nSPS) is 19.8. The number of methoxy groups -OCH3 is 1. The number of benzene rings is 2. The smallest absolute Gasteiger partial charge is 0.230 e. The molecule has 2 aliphatic rings. The minimum atomic E-state index is 0.126. The van der Waals surface area contributed by atoms with Gasteiger partial charge in [0.1, 0.15) is 11.8 Å². The van der Waals surface area contributed by atoms with Crippen LogP contribution in [0.1, 0.15) is 94.7 Å². The molecule has 0 saturated heterocycles. The molecule has 1 aromatic heterocycles. The lowest BCUT2D eigenvalue weighted by Crippen LogP contribution is -2.41. The van der Waals surface area contributed by atoms with E-state index in [1.54, 1.807) is 7.11 Å². The third kappa shape index (κ3) is 6.25. The molecule has 2 aliphatic carbocycles. The second kappa shape index (κ2) is 12.7. The fraction of sp³-hybridized carbons (Fsp3) is 0.500. The Morgan fingerprint density at radius 1 is 1.05 bits per heavy atom. The van der Waals surface area contributed by atoms with E-state index in [1.807, 2.05) is 23.0 Å². The van der Waals surface area contributed by atoms with Crippen LogP contribution >= 0.6 is 0 Å². The highest BCUT2D eigenvalue weighted by Crippen LogP contribution is 2.39.